The molecule has 0 radical (unpaired) electrons. The van der Waals surface area contributed by atoms with E-state index in [-0.39, 0.29) is 0 Å². The monoisotopic (exact) mass is 828 g/mol. The van der Waals surface area contributed by atoms with Gasteiger partial charge in [0.1, 0.15) is 0 Å². The summed E-state index contributed by atoms with van der Waals surface area (Å²) in [6.07, 6.45) is 6.91. The second kappa shape index (κ2) is 33.9. The van der Waals surface area contributed by atoms with Gasteiger partial charge < -0.3 is 47.9 Å². The third-order valence-electron chi connectivity index (χ3n) is 10.5. The van der Waals surface area contributed by atoms with E-state index in [1.807, 2.05) is 0 Å². The van der Waals surface area contributed by atoms with E-state index in [0.717, 1.165) is 137 Å². The van der Waals surface area contributed by atoms with Crippen molar-refractivity contribution >= 4 is 0 Å². The van der Waals surface area contributed by atoms with Gasteiger partial charge in [-0.1, -0.05) is 90.1 Å². The fourth-order valence-corrected chi connectivity index (χ4v) is 7.18. The molecule has 0 aromatic heterocycles. The standard InChI is InChI=1S/C51H89N9/c1-42(2)36-55-27-9-21-52-24-12-30-58-39-45-15-7-17-47(33-45)48-19-20-51(50(35-48)41-60-32-14-26-54-23-11-29-57-38-44(5)6)49-18-8-16-46(34-49)40-59-31-13-25-53-22-10-28-56-37-43(3)4/h7-8,15-20,33-35,42-44,52-60H,9-14,21-32,36-41H2,1-6H3. The Labute approximate surface area is 368 Å². The van der Waals surface area contributed by atoms with Crippen LogP contribution in [0.2, 0.25) is 0 Å². The van der Waals surface area contributed by atoms with E-state index in [1.54, 1.807) is 0 Å². The Kier molecular flexibility index (Phi) is 29.2. The first-order valence-corrected chi connectivity index (χ1v) is 24.0. The van der Waals surface area contributed by atoms with Crippen molar-refractivity contribution in [2.75, 3.05) is 98.2 Å². The van der Waals surface area contributed by atoms with Crippen molar-refractivity contribution in [3.05, 3.63) is 83.4 Å². The zero-order valence-corrected chi connectivity index (χ0v) is 39.1. The number of rotatable bonds is 38. The van der Waals surface area contributed by atoms with Crippen LogP contribution in [0.15, 0.2) is 66.7 Å². The lowest BCUT2D eigenvalue weighted by Gasteiger charge is -2.15. The van der Waals surface area contributed by atoms with Crippen molar-refractivity contribution in [3.63, 3.8) is 0 Å². The molecule has 9 heteroatoms. The van der Waals surface area contributed by atoms with E-state index in [4.69, 9.17) is 0 Å². The highest BCUT2D eigenvalue weighted by Crippen LogP contribution is 2.30. The fourth-order valence-electron chi connectivity index (χ4n) is 7.18. The van der Waals surface area contributed by atoms with Crippen molar-refractivity contribution in [1.29, 1.82) is 0 Å². The van der Waals surface area contributed by atoms with Crippen LogP contribution in [0.5, 0.6) is 0 Å². The normalized spacial score (nSPS) is 11.8. The smallest absolute Gasteiger partial charge is 0.0211 e. The average Bonchev–Trinajstić information content (AvgIpc) is 3.23. The van der Waals surface area contributed by atoms with Gasteiger partial charge in [-0.25, -0.2) is 0 Å². The van der Waals surface area contributed by atoms with Gasteiger partial charge in [-0.2, -0.15) is 0 Å². The highest BCUT2D eigenvalue weighted by Gasteiger charge is 2.10. The predicted octanol–water partition coefficient (Wildman–Crippen LogP) is 7.14. The second-order valence-corrected chi connectivity index (χ2v) is 18.0. The molecule has 0 amide bonds. The maximum atomic E-state index is 3.79. The Bertz CT molecular complexity index is 1480. The van der Waals surface area contributed by atoms with E-state index in [0.29, 0.717) is 17.8 Å². The van der Waals surface area contributed by atoms with E-state index in [1.165, 1.54) is 58.2 Å². The van der Waals surface area contributed by atoms with Crippen LogP contribution in [-0.2, 0) is 19.6 Å². The molecular formula is C51H89N9. The fraction of sp³-hybridized carbons (Fsp3) is 0.647. The predicted molar refractivity (Wildman–Crippen MR) is 262 cm³/mol. The first-order valence-electron chi connectivity index (χ1n) is 24.0. The summed E-state index contributed by atoms with van der Waals surface area (Å²) in [4.78, 5) is 0. The molecule has 0 fully saturated rings. The van der Waals surface area contributed by atoms with Crippen LogP contribution >= 0.6 is 0 Å². The summed E-state index contributed by atoms with van der Waals surface area (Å²) in [6, 6.07) is 25.3. The van der Waals surface area contributed by atoms with Crippen molar-refractivity contribution in [3.8, 4) is 22.3 Å². The van der Waals surface area contributed by atoms with E-state index in [2.05, 4.69) is 156 Å². The summed E-state index contributed by atoms with van der Waals surface area (Å²) < 4.78 is 0. The van der Waals surface area contributed by atoms with E-state index < -0.39 is 0 Å². The van der Waals surface area contributed by atoms with Gasteiger partial charge in [-0.3, -0.25) is 0 Å². The van der Waals surface area contributed by atoms with Gasteiger partial charge in [0.05, 0.1) is 0 Å². The van der Waals surface area contributed by atoms with Gasteiger partial charge in [-0.05, 0) is 212 Å². The summed E-state index contributed by atoms with van der Waals surface area (Å²) in [5.41, 5.74) is 9.15. The quantitative estimate of drug-likeness (QED) is 0.0279. The average molecular weight is 828 g/mol. The minimum Gasteiger partial charge on any atom is -0.317 e. The molecule has 0 unspecified atom stereocenters. The molecule has 0 bridgehead atoms. The largest absolute Gasteiger partial charge is 0.317 e. The van der Waals surface area contributed by atoms with Gasteiger partial charge in [0, 0.05) is 19.6 Å². The topological polar surface area (TPSA) is 108 Å². The summed E-state index contributed by atoms with van der Waals surface area (Å²) in [5, 5.41) is 32.6. The van der Waals surface area contributed by atoms with Crippen molar-refractivity contribution in [1.82, 2.24) is 47.9 Å². The third-order valence-corrected chi connectivity index (χ3v) is 10.5. The number of benzene rings is 3. The van der Waals surface area contributed by atoms with Crippen molar-refractivity contribution < 1.29 is 0 Å². The Morgan fingerprint density at radius 2 is 0.683 bits per heavy atom. The molecule has 0 aliphatic carbocycles. The lowest BCUT2D eigenvalue weighted by atomic mass is 9.93. The molecule has 9 nitrogen and oxygen atoms in total. The van der Waals surface area contributed by atoms with E-state index in [9.17, 15) is 0 Å². The molecule has 338 valence electrons. The number of hydrogen-bond donors (Lipinski definition) is 9. The summed E-state index contributed by atoms with van der Waals surface area (Å²) in [6.45, 7) is 32.1. The van der Waals surface area contributed by atoms with Gasteiger partial charge >= 0.3 is 0 Å². The molecule has 60 heavy (non-hydrogen) atoms. The van der Waals surface area contributed by atoms with Crippen LogP contribution in [0.25, 0.3) is 22.3 Å². The lowest BCUT2D eigenvalue weighted by molar-refractivity contribution is 0.524. The van der Waals surface area contributed by atoms with Crippen LogP contribution in [-0.4, -0.2) is 98.2 Å². The molecule has 0 spiro atoms. The second-order valence-electron chi connectivity index (χ2n) is 18.0. The minimum atomic E-state index is 0.707. The first kappa shape index (κ1) is 51.6. The maximum Gasteiger partial charge on any atom is 0.0211 e. The summed E-state index contributed by atoms with van der Waals surface area (Å²) >= 11 is 0. The highest BCUT2D eigenvalue weighted by molar-refractivity contribution is 5.74. The van der Waals surface area contributed by atoms with Crippen LogP contribution < -0.4 is 47.9 Å². The van der Waals surface area contributed by atoms with Gasteiger partial charge in [0.25, 0.3) is 0 Å². The molecule has 3 aromatic carbocycles. The molecule has 0 heterocycles. The highest BCUT2D eigenvalue weighted by atomic mass is 14.9. The Morgan fingerprint density at radius 3 is 1.12 bits per heavy atom. The Morgan fingerprint density at radius 1 is 0.333 bits per heavy atom. The lowest BCUT2D eigenvalue weighted by Crippen LogP contribution is -2.26. The summed E-state index contributed by atoms with van der Waals surface area (Å²) in [7, 11) is 0. The number of hydrogen-bond acceptors (Lipinski definition) is 9. The minimum absolute atomic E-state index is 0.707. The van der Waals surface area contributed by atoms with E-state index >= 15 is 0 Å². The molecule has 0 saturated carbocycles. The van der Waals surface area contributed by atoms with Gasteiger partial charge in [0.15, 0.2) is 0 Å². The Hall–Kier alpha value is -2.70. The first-order chi connectivity index (χ1) is 29.3. The maximum absolute atomic E-state index is 3.79. The van der Waals surface area contributed by atoms with Crippen LogP contribution in [0.3, 0.4) is 0 Å². The van der Waals surface area contributed by atoms with Crippen molar-refractivity contribution in [2.45, 2.75) is 99.7 Å². The molecule has 0 aliphatic rings. The molecule has 0 atom stereocenters. The molecule has 3 aromatic rings. The molecule has 3 rings (SSSR count). The zero-order chi connectivity index (χ0) is 42.9. The van der Waals surface area contributed by atoms with Crippen molar-refractivity contribution in [2.24, 2.45) is 17.8 Å². The Balaban J connectivity index is 1.52. The number of nitrogens with one attached hydrogen (secondary N) is 9. The van der Waals surface area contributed by atoms with Crippen LogP contribution in [0.1, 0.15) is 96.8 Å². The molecule has 0 aliphatic heterocycles. The SMILES string of the molecule is CC(C)CNCCCNCCCNCc1cccc(-c2ccc(-c3cccc(CNCCCNCCCNCC(C)C)c3)c(CNCCCNCCCNCC(C)C)c2)c1. The van der Waals surface area contributed by atoms with Crippen LogP contribution in [0, 0.1) is 17.8 Å². The van der Waals surface area contributed by atoms with Gasteiger partial charge in [0.2, 0.25) is 0 Å². The summed E-state index contributed by atoms with van der Waals surface area (Å²) in [5.74, 6) is 2.14. The van der Waals surface area contributed by atoms with Crippen LogP contribution in [0.4, 0.5) is 0 Å². The molecule has 0 saturated heterocycles. The zero-order valence-electron chi connectivity index (χ0n) is 39.1. The van der Waals surface area contributed by atoms with Gasteiger partial charge in [-0.15, -0.1) is 0 Å². The third kappa shape index (κ3) is 25.3. The molecule has 9 N–H and O–H groups in total. The molecular weight excluding hydrogens is 739 g/mol.